The monoisotopic (exact) mass is 170 g/mol. The minimum Gasteiger partial charge on any atom is -0.379 e. The Bertz CT molecular complexity index is 141. The highest BCUT2D eigenvalue weighted by atomic mass is 16.5. The van der Waals surface area contributed by atoms with Crippen LogP contribution in [-0.2, 0) is 4.74 Å². The molecule has 0 radical (unpaired) electrons. The summed E-state index contributed by atoms with van der Waals surface area (Å²) in [5.74, 6) is 0.938. The fourth-order valence-electron chi connectivity index (χ4n) is 1.68. The average molecular weight is 170 g/mol. The van der Waals surface area contributed by atoms with Crippen LogP contribution in [0.5, 0.6) is 0 Å². The molecule has 1 saturated carbocycles. The molecule has 2 fully saturated rings. The molecule has 0 amide bonds. The van der Waals surface area contributed by atoms with Gasteiger partial charge in [0.2, 0.25) is 0 Å². The Morgan fingerprint density at radius 2 is 2.00 bits per heavy atom. The number of rotatable bonds is 3. The molecule has 2 aliphatic rings. The summed E-state index contributed by atoms with van der Waals surface area (Å²) in [6, 6.07) is 0.670. The summed E-state index contributed by atoms with van der Waals surface area (Å²) in [4.78, 5) is 0. The van der Waals surface area contributed by atoms with Gasteiger partial charge in [0.15, 0.2) is 0 Å². The summed E-state index contributed by atoms with van der Waals surface area (Å²) >= 11 is 0. The minimum absolute atomic E-state index is 0.670. The Morgan fingerprint density at radius 1 is 1.33 bits per heavy atom. The molecule has 0 bridgehead atoms. The maximum absolute atomic E-state index is 5.28. The summed E-state index contributed by atoms with van der Waals surface area (Å²) in [6.45, 7) is 6.12. The predicted molar refractivity (Wildman–Crippen MR) is 47.7 cm³/mol. The fourth-order valence-corrected chi connectivity index (χ4v) is 1.68. The number of hydrogen-bond donors (Lipinski definition) is 1. The van der Waals surface area contributed by atoms with Crippen molar-refractivity contribution in [2.45, 2.75) is 25.8 Å². The molecule has 1 aliphatic heterocycles. The molecular formula is C9H18N2O. The van der Waals surface area contributed by atoms with Crippen molar-refractivity contribution in [3.05, 3.63) is 0 Å². The van der Waals surface area contributed by atoms with Crippen molar-refractivity contribution in [3.8, 4) is 0 Å². The van der Waals surface area contributed by atoms with Gasteiger partial charge in [0.1, 0.15) is 0 Å². The Morgan fingerprint density at radius 3 is 2.58 bits per heavy atom. The lowest BCUT2D eigenvalue weighted by Crippen LogP contribution is -2.49. The van der Waals surface area contributed by atoms with Gasteiger partial charge in [0, 0.05) is 19.1 Å². The lowest BCUT2D eigenvalue weighted by Gasteiger charge is -2.30. The first-order chi connectivity index (χ1) is 5.86. The van der Waals surface area contributed by atoms with Gasteiger partial charge in [0.05, 0.1) is 13.2 Å². The van der Waals surface area contributed by atoms with Crippen molar-refractivity contribution >= 4 is 0 Å². The first-order valence-corrected chi connectivity index (χ1v) is 4.95. The number of nitrogens with zero attached hydrogens (tertiary/aromatic N) is 1. The third-order valence-electron chi connectivity index (χ3n) is 2.73. The van der Waals surface area contributed by atoms with Crippen molar-refractivity contribution in [1.29, 1.82) is 0 Å². The maximum atomic E-state index is 5.28. The molecule has 1 unspecified atom stereocenters. The third-order valence-corrected chi connectivity index (χ3v) is 2.73. The molecule has 0 aromatic heterocycles. The van der Waals surface area contributed by atoms with Crippen LogP contribution in [0.25, 0.3) is 0 Å². The molecular weight excluding hydrogens is 152 g/mol. The molecule has 1 atom stereocenters. The maximum Gasteiger partial charge on any atom is 0.0608 e. The zero-order chi connectivity index (χ0) is 8.39. The lowest BCUT2D eigenvalue weighted by molar-refractivity contribution is 0.00331. The van der Waals surface area contributed by atoms with Gasteiger partial charge < -0.3 is 4.74 Å². The Labute approximate surface area is 74.0 Å². The van der Waals surface area contributed by atoms with Gasteiger partial charge in [-0.3, -0.25) is 5.43 Å². The van der Waals surface area contributed by atoms with E-state index in [1.54, 1.807) is 0 Å². The Kier molecular flexibility index (Phi) is 2.63. The van der Waals surface area contributed by atoms with E-state index in [0.717, 1.165) is 32.2 Å². The van der Waals surface area contributed by atoms with Crippen LogP contribution in [0.2, 0.25) is 0 Å². The van der Waals surface area contributed by atoms with Crippen molar-refractivity contribution in [2.24, 2.45) is 5.92 Å². The summed E-state index contributed by atoms with van der Waals surface area (Å²) in [5, 5.41) is 2.30. The third kappa shape index (κ3) is 2.19. The highest BCUT2D eigenvalue weighted by molar-refractivity contribution is 4.82. The van der Waals surface area contributed by atoms with E-state index in [9.17, 15) is 0 Å². The zero-order valence-corrected chi connectivity index (χ0v) is 7.75. The largest absolute Gasteiger partial charge is 0.379 e. The summed E-state index contributed by atoms with van der Waals surface area (Å²) in [6.07, 6.45) is 2.83. The van der Waals surface area contributed by atoms with Crippen molar-refractivity contribution in [3.63, 3.8) is 0 Å². The van der Waals surface area contributed by atoms with Crippen LogP contribution in [0.15, 0.2) is 0 Å². The number of nitrogens with one attached hydrogen (secondary N) is 1. The van der Waals surface area contributed by atoms with Gasteiger partial charge in [-0.05, 0) is 25.7 Å². The van der Waals surface area contributed by atoms with Crippen LogP contribution in [-0.4, -0.2) is 37.4 Å². The Balaban J connectivity index is 1.69. The van der Waals surface area contributed by atoms with Crippen LogP contribution in [0.3, 0.4) is 0 Å². The molecule has 1 aliphatic carbocycles. The van der Waals surface area contributed by atoms with Gasteiger partial charge in [0.25, 0.3) is 0 Å². The molecule has 0 spiro atoms. The topological polar surface area (TPSA) is 24.5 Å². The van der Waals surface area contributed by atoms with Gasteiger partial charge >= 0.3 is 0 Å². The number of hydrazine groups is 1. The van der Waals surface area contributed by atoms with E-state index in [0.29, 0.717) is 6.04 Å². The van der Waals surface area contributed by atoms with Crippen LogP contribution >= 0.6 is 0 Å². The second-order valence-corrected chi connectivity index (χ2v) is 3.85. The SMILES string of the molecule is CC(NN1CCOCC1)C1CC1. The molecule has 1 N–H and O–H groups in total. The standard InChI is InChI=1S/C9H18N2O/c1-8(9-2-3-9)10-11-4-6-12-7-5-11/h8-10H,2-7H2,1H3. The smallest absolute Gasteiger partial charge is 0.0608 e. The van der Waals surface area contributed by atoms with Crippen LogP contribution in [0.4, 0.5) is 0 Å². The number of ether oxygens (including phenoxy) is 1. The summed E-state index contributed by atoms with van der Waals surface area (Å²) < 4.78 is 5.28. The first kappa shape index (κ1) is 8.48. The molecule has 3 nitrogen and oxygen atoms in total. The van der Waals surface area contributed by atoms with E-state index < -0.39 is 0 Å². The minimum atomic E-state index is 0.670. The van der Waals surface area contributed by atoms with E-state index in [2.05, 4.69) is 17.4 Å². The van der Waals surface area contributed by atoms with Crippen molar-refractivity contribution in [2.75, 3.05) is 26.3 Å². The van der Waals surface area contributed by atoms with Crippen molar-refractivity contribution < 1.29 is 4.74 Å². The van der Waals surface area contributed by atoms with E-state index in [1.165, 1.54) is 12.8 Å². The van der Waals surface area contributed by atoms with E-state index in [4.69, 9.17) is 4.74 Å². The second-order valence-electron chi connectivity index (χ2n) is 3.85. The van der Waals surface area contributed by atoms with Crippen LogP contribution in [0, 0.1) is 5.92 Å². The summed E-state index contributed by atoms with van der Waals surface area (Å²) in [7, 11) is 0. The highest BCUT2D eigenvalue weighted by Gasteiger charge is 2.29. The fraction of sp³-hybridized carbons (Fsp3) is 1.00. The molecule has 3 heteroatoms. The van der Waals surface area contributed by atoms with E-state index >= 15 is 0 Å². The van der Waals surface area contributed by atoms with Gasteiger partial charge in [-0.1, -0.05) is 0 Å². The molecule has 1 saturated heterocycles. The van der Waals surface area contributed by atoms with Crippen LogP contribution < -0.4 is 5.43 Å². The number of morpholine rings is 1. The molecule has 0 aromatic rings. The molecule has 0 aromatic carbocycles. The summed E-state index contributed by atoms with van der Waals surface area (Å²) in [5.41, 5.74) is 3.53. The van der Waals surface area contributed by atoms with Crippen LogP contribution in [0.1, 0.15) is 19.8 Å². The van der Waals surface area contributed by atoms with E-state index in [1.807, 2.05) is 0 Å². The molecule has 1 heterocycles. The van der Waals surface area contributed by atoms with Gasteiger partial charge in [-0.25, -0.2) is 5.01 Å². The molecule has 2 rings (SSSR count). The predicted octanol–water partition coefficient (Wildman–Crippen LogP) is 0.622. The normalized spacial score (nSPS) is 28.8. The van der Waals surface area contributed by atoms with E-state index in [-0.39, 0.29) is 0 Å². The number of hydrogen-bond acceptors (Lipinski definition) is 3. The first-order valence-electron chi connectivity index (χ1n) is 4.95. The average Bonchev–Trinajstić information content (AvgIpc) is 2.88. The Hall–Kier alpha value is -0.120. The van der Waals surface area contributed by atoms with Gasteiger partial charge in [-0.15, -0.1) is 0 Å². The quantitative estimate of drug-likeness (QED) is 0.672. The second kappa shape index (κ2) is 3.73. The zero-order valence-electron chi connectivity index (χ0n) is 7.75. The molecule has 70 valence electrons. The highest BCUT2D eigenvalue weighted by Crippen LogP contribution is 2.32. The molecule has 12 heavy (non-hydrogen) atoms. The van der Waals surface area contributed by atoms with Gasteiger partial charge in [-0.2, -0.15) is 0 Å². The lowest BCUT2D eigenvalue weighted by atomic mass is 10.2. The van der Waals surface area contributed by atoms with Crippen molar-refractivity contribution in [1.82, 2.24) is 10.4 Å².